The van der Waals surface area contributed by atoms with Crippen molar-refractivity contribution >= 4 is 5.91 Å². The first-order valence-electron chi connectivity index (χ1n) is 7.28. The van der Waals surface area contributed by atoms with Crippen LogP contribution in [0.1, 0.15) is 10.4 Å². The predicted octanol–water partition coefficient (Wildman–Crippen LogP) is 2.46. The second-order valence-electron chi connectivity index (χ2n) is 4.98. The first kappa shape index (κ1) is 14.6. The van der Waals surface area contributed by atoms with Crippen LogP contribution in [0, 0.1) is 0 Å². The molecule has 1 N–H and O–H groups in total. The number of rotatable bonds is 4. The molecule has 0 saturated carbocycles. The van der Waals surface area contributed by atoms with Crippen molar-refractivity contribution in [1.82, 2.24) is 10.4 Å². The molecule has 0 radical (unpaired) electrons. The molecule has 5 heteroatoms. The molecule has 0 spiro atoms. The number of hydrogen-bond donors (Lipinski definition) is 1. The lowest BCUT2D eigenvalue weighted by atomic mass is 10.2. The van der Waals surface area contributed by atoms with Crippen molar-refractivity contribution in [2.75, 3.05) is 26.3 Å². The lowest BCUT2D eigenvalue weighted by molar-refractivity contribution is 0.0126. The van der Waals surface area contributed by atoms with Crippen molar-refractivity contribution in [3.8, 4) is 11.5 Å². The van der Waals surface area contributed by atoms with Crippen molar-refractivity contribution in [2.45, 2.75) is 0 Å². The minimum atomic E-state index is -0.117. The van der Waals surface area contributed by atoms with E-state index < -0.39 is 0 Å². The van der Waals surface area contributed by atoms with Crippen molar-refractivity contribution in [1.29, 1.82) is 0 Å². The number of hydrogen-bond acceptors (Lipinski definition) is 4. The molecule has 22 heavy (non-hydrogen) atoms. The van der Waals surface area contributed by atoms with Crippen molar-refractivity contribution in [3.63, 3.8) is 0 Å². The third-order valence-electron chi connectivity index (χ3n) is 3.37. The number of nitrogens with zero attached hydrogens (tertiary/aromatic N) is 1. The first-order valence-corrected chi connectivity index (χ1v) is 7.28. The van der Waals surface area contributed by atoms with Gasteiger partial charge in [-0.05, 0) is 36.4 Å². The Morgan fingerprint density at radius 2 is 1.59 bits per heavy atom. The molecular formula is C17H18N2O3. The number of morpholine rings is 1. The minimum Gasteiger partial charge on any atom is -0.457 e. The van der Waals surface area contributed by atoms with Gasteiger partial charge in [0.15, 0.2) is 0 Å². The fourth-order valence-electron chi connectivity index (χ4n) is 2.18. The molecule has 114 valence electrons. The molecule has 0 bridgehead atoms. The molecule has 1 aliphatic rings. The summed E-state index contributed by atoms with van der Waals surface area (Å²) in [5.41, 5.74) is 3.48. The normalized spacial score (nSPS) is 15.3. The molecule has 1 saturated heterocycles. The Labute approximate surface area is 129 Å². The van der Waals surface area contributed by atoms with Gasteiger partial charge >= 0.3 is 0 Å². The predicted molar refractivity (Wildman–Crippen MR) is 82.8 cm³/mol. The molecular weight excluding hydrogens is 280 g/mol. The second-order valence-corrected chi connectivity index (χ2v) is 4.98. The van der Waals surface area contributed by atoms with E-state index in [0.29, 0.717) is 37.6 Å². The van der Waals surface area contributed by atoms with E-state index in [-0.39, 0.29) is 5.91 Å². The van der Waals surface area contributed by atoms with Gasteiger partial charge in [0.05, 0.1) is 13.2 Å². The van der Waals surface area contributed by atoms with Crippen molar-refractivity contribution < 1.29 is 14.3 Å². The summed E-state index contributed by atoms with van der Waals surface area (Å²) in [5, 5.41) is 1.88. The Kier molecular flexibility index (Phi) is 4.68. The molecule has 1 fully saturated rings. The van der Waals surface area contributed by atoms with Gasteiger partial charge in [-0.3, -0.25) is 10.2 Å². The molecule has 2 aromatic rings. The first-order chi connectivity index (χ1) is 10.8. The quantitative estimate of drug-likeness (QED) is 0.942. The van der Waals surface area contributed by atoms with E-state index in [1.54, 1.807) is 24.3 Å². The number of ether oxygens (including phenoxy) is 2. The second kappa shape index (κ2) is 7.06. The molecule has 3 rings (SSSR count). The lowest BCUT2D eigenvalue weighted by Gasteiger charge is -2.26. The fraction of sp³-hybridized carbons (Fsp3) is 0.235. The highest BCUT2D eigenvalue weighted by Crippen LogP contribution is 2.21. The Morgan fingerprint density at radius 1 is 0.955 bits per heavy atom. The monoisotopic (exact) mass is 298 g/mol. The SMILES string of the molecule is O=C(NN1CCOCC1)c1ccc(Oc2ccccc2)cc1. The average Bonchev–Trinajstić information content (AvgIpc) is 2.57. The standard InChI is InChI=1S/C17H18N2O3/c20-17(18-19-10-12-21-13-11-19)14-6-8-16(9-7-14)22-15-4-2-1-3-5-15/h1-9H,10-13H2,(H,18,20). The van der Waals surface area contributed by atoms with Gasteiger partial charge in [-0.2, -0.15) is 0 Å². The molecule has 0 aliphatic carbocycles. The molecule has 0 aromatic heterocycles. The van der Waals surface area contributed by atoms with E-state index in [1.165, 1.54) is 0 Å². The summed E-state index contributed by atoms with van der Waals surface area (Å²) in [6.07, 6.45) is 0. The van der Waals surface area contributed by atoms with E-state index in [0.717, 1.165) is 5.75 Å². The minimum absolute atomic E-state index is 0.117. The molecule has 1 heterocycles. The summed E-state index contributed by atoms with van der Waals surface area (Å²) in [7, 11) is 0. The summed E-state index contributed by atoms with van der Waals surface area (Å²) >= 11 is 0. The van der Waals surface area contributed by atoms with Gasteiger partial charge in [0.2, 0.25) is 0 Å². The van der Waals surface area contributed by atoms with Crippen LogP contribution in [-0.2, 0) is 4.74 Å². The van der Waals surface area contributed by atoms with Crippen LogP contribution in [0.2, 0.25) is 0 Å². The Morgan fingerprint density at radius 3 is 2.27 bits per heavy atom. The van der Waals surface area contributed by atoms with E-state index >= 15 is 0 Å². The Hall–Kier alpha value is -2.37. The van der Waals surface area contributed by atoms with E-state index in [4.69, 9.17) is 9.47 Å². The van der Waals surface area contributed by atoms with Crippen molar-refractivity contribution in [2.24, 2.45) is 0 Å². The molecule has 0 unspecified atom stereocenters. The summed E-state index contributed by atoms with van der Waals surface area (Å²) in [4.78, 5) is 12.1. The summed E-state index contributed by atoms with van der Waals surface area (Å²) in [6, 6.07) is 16.6. The zero-order valence-corrected chi connectivity index (χ0v) is 12.2. The highest BCUT2D eigenvalue weighted by molar-refractivity contribution is 5.93. The van der Waals surface area contributed by atoms with Crippen molar-refractivity contribution in [3.05, 3.63) is 60.2 Å². The summed E-state index contributed by atoms with van der Waals surface area (Å²) < 4.78 is 11.0. The Balaban J connectivity index is 1.59. The molecule has 2 aromatic carbocycles. The number of para-hydroxylation sites is 1. The number of carbonyl (C=O) groups is 1. The van der Waals surface area contributed by atoms with Gasteiger partial charge in [0.25, 0.3) is 5.91 Å². The molecule has 0 atom stereocenters. The van der Waals surface area contributed by atoms with Gasteiger partial charge in [-0.25, -0.2) is 5.01 Å². The van der Waals surface area contributed by atoms with E-state index in [9.17, 15) is 4.79 Å². The highest BCUT2D eigenvalue weighted by Gasteiger charge is 2.14. The third kappa shape index (κ3) is 3.84. The summed E-state index contributed by atoms with van der Waals surface area (Å²) in [6.45, 7) is 2.70. The van der Waals surface area contributed by atoms with Gasteiger partial charge in [-0.1, -0.05) is 18.2 Å². The highest BCUT2D eigenvalue weighted by atomic mass is 16.5. The maximum Gasteiger partial charge on any atom is 0.265 e. The maximum absolute atomic E-state index is 12.1. The number of carbonyl (C=O) groups excluding carboxylic acids is 1. The zero-order valence-electron chi connectivity index (χ0n) is 12.2. The summed E-state index contributed by atoms with van der Waals surface area (Å²) in [5.74, 6) is 1.36. The number of amides is 1. The van der Waals surface area contributed by atoms with Crippen LogP contribution in [0.3, 0.4) is 0 Å². The van der Waals surface area contributed by atoms with E-state index in [1.807, 2.05) is 35.3 Å². The van der Waals surface area contributed by atoms with Gasteiger partial charge in [0.1, 0.15) is 11.5 Å². The van der Waals surface area contributed by atoms with Crippen LogP contribution >= 0.6 is 0 Å². The maximum atomic E-state index is 12.1. The average molecular weight is 298 g/mol. The Bertz CT molecular complexity index is 608. The lowest BCUT2D eigenvalue weighted by Crippen LogP contribution is -2.48. The van der Waals surface area contributed by atoms with Gasteiger partial charge in [0, 0.05) is 18.7 Å². The van der Waals surface area contributed by atoms with Crippen LogP contribution in [-0.4, -0.2) is 37.2 Å². The van der Waals surface area contributed by atoms with Crippen LogP contribution in [0.5, 0.6) is 11.5 Å². The van der Waals surface area contributed by atoms with Crippen LogP contribution in [0.25, 0.3) is 0 Å². The molecule has 1 aliphatic heterocycles. The topological polar surface area (TPSA) is 50.8 Å². The number of hydrazine groups is 1. The smallest absolute Gasteiger partial charge is 0.265 e. The van der Waals surface area contributed by atoms with Crippen LogP contribution in [0.15, 0.2) is 54.6 Å². The van der Waals surface area contributed by atoms with Gasteiger partial charge < -0.3 is 9.47 Å². The number of nitrogens with one attached hydrogen (secondary N) is 1. The largest absolute Gasteiger partial charge is 0.457 e. The van der Waals surface area contributed by atoms with Crippen LogP contribution in [0.4, 0.5) is 0 Å². The van der Waals surface area contributed by atoms with Gasteiger partial charge in [-0.15, -0.1) is 0 Å². The number of benzene rings is 2. The molecule has 5 nitrogen and oxygen atoms in total. The van der Waals surface area contributed by atoms with E-state index in [2.05, 4.69) is 5.43 Å². The van der Waals surface area contributed by atoms with Crippen LogP contribution < -0.4 is 10.2 Å². The zero-order chi connectivity index (χ0) is 15.2. The third-order valence-corrected chi connectivity index (χ3v) is 3.37. The molecule has 1 amide bonds. The fourth-order valence-corrected chi connectivity index (χ4v) is 2.18.